The number of rotatable bonds is 8. The highest BCUT2D eigenvalue weighted by atomic mass is 35.5. The van der Waals surface area contributed by atoms with Crippen molar-refractivity contribution in [3.8, 4) is 11.5 Å². The van der Waals surface area contributed by atoms with E-state index in [2.05, 4.69) is 5.32 Å². The number of hydrogen-bond donors (Lipinski definition) is 1. The minimum absolute atomic E-state index is 0.0212. The van der Waals surface area contributed by atoms with Gasteiger partial charge in [-0.2, -0.15) is 4.31 Å². The number of nitrogens with zero attached hydrogens (tertiary/aromatic N) is 1. The highest BCUT2D eigenvalue weighted by molar-refractivity contribution is 7.89. The van der Waals surface area contributed by atoms with Crippen LogP contribution in [0.15, 0.2) is 47.4 Å². The fourth-order valence-corrected chi connectivity index (χ4v) is 5.29. The number of benzene rings is 2. The Kier molecular flexibility index (Phi) is 8.03. The van der Waals surface area contributed by atoms with Crippen molar-refractivity contribution in [2.45, 2.75) is 44.2 Å². The fraction of sp³-hybridized carbons (Fsp3) is 0.435. The SMILES string of the molecule is COc1cc(CNC(=O)C2CCCN(S(=O)(=O)c3ccc(Cl)cc3)C2)ccc1OC(C)C. The minimum atomic E-state index is -3.67. The molecule has 1 N–H and O–H groups in total. The third-order valence-corrected chi connectivity index (χ3v) is 7.40. The van der Waals surface area contributed by atoms with E-state index in [1.807, 2.05) is 32.0 Å². The molecule has 1 saturated heterocycles. The molecule has 2 aromatic carbocycles. The highest BCUT2D eigenvalue weighted by Gasteiger charge is 2.33. The van der Waals surface area contributed by atoms with E-state index < -0.39 is 15.9 Å². The zero-order valence-corrected chi connectivity index (χ0v) is 20.1. The average molecular weight is 481 g/mol. The maximum atomic E-state index is 13.0. The number of carbonyl (C=O) groups excluding carboxylic acids is 1. The average Bonchev–Trinajstić information content (AvgIpc) is 2.78. The monoisotopic (exact) mass is 480 g/mol. The van der Waals surface area contributed by atoms with Crippen LogP contribution < -0.4 is 14.8 Å². The summed E-state index contributed by atoms with van der Waals surface area (Å²) in [4.78, 5) is 13.0. The van der Waals surface area contributed by atoms with Gasteiger partial charge < -0.3 is 14.8 Å². The van der Waals surface area contributed by atoms with E-state index in [9.17, 15) is 13.2 Å². The van der Waals surface area contributed by atoms with Gasteiger partial charge in [-0.25, -0.2) is 8.42 Å². The van der Waals surface area contributed by atoms with Gasteiger partial charge in [-0.1, -0.05) is 17.7 Å². The van der Waals surface area contributed by atoms with E-state index in [0.29, 0.717) is 42.5 Å². The number of carbonyl (C=O) groups is 1. The molecular weight excluding hydrogens is 452 g/mol. The van der Waals surface area contributed by atoms with Crippen molar-refractivity contribution < 1.29 is 22.7 Å². The largest absolute Gasteiger partial charge is 0.493 e. The van der Waals surface area contributed by atoms with Crippen molar-refractivity contribution in [2.24, 2.45) is 5.92 Å². The Bertz CT molecular complexity index is 1040. The first-order valence-corrected chi connectivity index (χ1v) is 12.4. The molecule has 1 fully saturated rings. The molecule has 1 aliphatic heterocycles. The van der Waals surface area contributed by atoms with Gasteiger partial charge >= 0.3 is 0 Å². The minimum Gasteiger partial charge on any atom is -0.493 e. The lowest BCUT2D eigenvalue weighted by atomic mass is 9.98. The quantitative estimate of drug-likeness (QED) is 0.620. The maximum absolute atomic E-state index is 13.0. The second kappa shape index (κ2) is 10.6. The molecule has 0 radical (unpaired) electrons. The van der Waals surface area contributed by atoms with Gasteiger partial charge in [-0.05, 0) is 68.7 Å². The first-order valence-electron chi connectivity index (χ1n) is 10.6. The number of sulfonamides is 1. The smallest absolute Gasteiger partial charge is 0.243 e. The van der Waals surface area contributed by atoms with E-state index in [0.717, 1.165) is 5.56 Å². The first-order chi connectivity index (χ1) is 15.2. The standard InChI is InChI=1S/C23H29ClN2O5S/c1-16(2)31-21-11-6-17(13-22(21)30-3)14-25-23(27)18-5-4-12-26(15-18)32(28,29)20-9-7-19(24)8-10-20/h6-11,13,16,18H,4-5,12,14-15H2,1-3H3,(H,25,27). The van der Waals surface area contributed by atoms with Crippen molar-refractivity contribution in [1.29, 1.82) is 0 Å². The molecular formula is C23H29ClN2O5S. The van der Waals surface area contributed by atoms with Gasteiger partial charge in [-0.3, -0.25) is 4.79 Å². The van der Waals surface area contributed by atoms with Crippen LogP contribution >= 0.6 is 11.6 Å². The Labute approximate surface area is 194 Å². The maximum Gasteiger partial charge on any atom is 0.243 e. The van der Waals surface area contributed by atoms with Crippen molar-refractivity contribution in [2.75, 3.05) is 20.2 Å². The molecule has 3 rings (SSSR count). The first kappa shape index (κ1) is 24.4. The van der Waals surface area contributed by atoms with Crippen molar-refractivity contribution >= 4 is 27.5 Å². The summed E-state index contributed by atoms with van der Waals surface area (Å²) in [6.45, 7) is 4.74. The van der Waals surface area contributed by atoms with Crippen LogP contribution in [0.1, 0.15) is 32.3 Å². The van der Waals surface area contributed by atoms with Crippen molar-refractivity contribution in [1.82, 2.24) is 9.62 Å². The molecule has 9 heteroatoms. The predicted octanol–water partition coefficient (Wildman–Crippen LogP) is 3.85. The number of methoxy groups -OCH3 is 1. The molecule has 0 saturated carbocycles. The number of ether oxygens (including phenoxy) is 2. The third kappa shape index (κ3) is 5.94. The molecule has 0 aromatic heterocycles. The number of halogens is 1. The molecule has 7 nitrogen and oxygen atoms in total. The van der Waals surface area contributed by atoms with Crippen LogP contribution in [-0.4, -0.2) is 44.9 Å². The van der Waals surface area contributed by atoms with Crippen LogP contribution in [0, 0.1) is 5.92 Å². The molecule has 174 valence electrons. The molecule has 0 aliphatic carbocycles. The Morgan fingerprint density at radius 3 is 2.56 bits per heavy atom. The molecule has 0 spiro atoms. The second-order valence-corrected chi connectivity index (χ2v) is 10.4. The summed E-state index contributed by atoms with van der Waals surface area (Å²) < 4.78 is 38.4. The Balaban J connectivity index is 1.62. The molecule has 1 amide bonds. The van der Waals surface area contributed by atoms with E-state index in [1.165, 1.54) is 16.4 Å². The summed E-state index contributed by atoms with van der Waals surface area (Å²) >= 11 is 5.87. The van der Waals surface area contributed by atoms with Gasteiger partial charge in [0.15, 0.2) is 11.5 Å². The van der Waals surface area contributed by atoms with Gasteiger partial charge in [0.2, 0.25) is 15.9 Å². The summed E-state index contributed by atoms with van der Waals surface area (Å²) in [6, 6.07) is 11.6. The van der Waals surface area contributed by atoms with Crippen LogP contribution in [0.2, 0.25) is 5.02 Å². The van der Waals surface area contributed by atoms with Gasteiger partial charge in [0.25, 0.3) is 0 Å². The van der Waals surface area contributed by atoms with Crippen LogP contribution in [0.3, 0.4) is 0 Å². The van der Waals surface area contributed by atoms with E-state index in [-0.39, 0.29) is 23.5 Å². The van der Waals surface area contributed by atoms with Gasteiger partial charge in [0.05, 0.1) is 24.0 Å². The molecule has 1 atom stereocenters. The van der Waals surface area contributed by atoms with Crippen molar-refractivity contribution in [3.05, 3.63) is 53.1 Å². The Hall–Kier alpha value is -2.29. The number of piperidine rings is 1. The van der Waals surface area contributed by atoms with Gasteiger partial charge in [-0.15, -0.1) is 0 Å². The summed E-state index contributed by atoms with van der Waals surface area (Å²) in [7, 11) is -2.10. The van der Waals surface area contributed by atoms with E-state index >= 15 is 0 Å². The summed E-state index contributed by atoms with van der Waals surface area (Å²) in [5.74, 6) is 0.676. The second-order valence-electron chi connectivity index (χ2n) is 8.03. The van der Waals surface area contributed by atoms with Crippen LogP contribution in [0.4, 0.5) is 0 Å². The summed E-state index contributed by atoms with van der Waals surface area (Å²) in [6.07, 6.45) is 1.29. The number of amides is 1. The fourth-order valence-electron chi connectivity index (χ4n) is 3.64. The topological polar surface area (TPSA) is 84.9 Å². The normalized spacial score (nSPS) is 17.2. The molecule has 32 heavy (non-hydrogen) atoms. The lowest BCUT2D eigenvalue weighted by Crippen LogP contribution is -2.45. The third-order valence-electron chi connectivity index (χ3n) is 5.26. The van der Waals surface area contributed by atoms with Crippen LogP contribution in [-0.2, 0) is 21.4 Å². The number of hydrogen-bond acceptors (Lipinski definition) is 5. The molecule has 2 aromatic rings. The predicted molar refractivity (Wildman–Crippen MR) is 124 cm³/mol. The zero-order valence-electron chi connectivity index (χ0n) is 18.5. The lowest BCUT2D eigenvalue weighted by Gasteiger charge is -2.31. The molecule has 0 bridgehead atoms. The molecule has 1 aliphatic rings. The lowest BCUT2D eigenvalue weighted by molar-refractivity contribution is -0.126. The Morgan fingerprint density at radius 1 is 1.19 bits per heavy atom. The zero-order chi connectivity index (χ0) is 23.3. The summed E-state index contributed by atoms with van der Waals surface area (Å²) in [5.41, 5.74) is 0.868. The van der Waals surface area contributed by atoms with Gasteiger partial charge in [0, 0.05) is 24.7 Å². The van der Waals surface area contributed by atoms with E-state index in [4.69, 9.17) is 21.1 Å². The molecule has 1 unspecified atom stereocenters. The Morgan fingerprint density at radius 2 is 1.91 bits per heavy atom. The number of nitrogens with one attached hydrogen (secondary N) is 1. The van der Waals surface area contributed by atoms with Crippen molar-refractivity contribution in [3.63, 3.8) is 0 Å². The highest BCUT2D eigenvalue weighted by Crippen LogP contribution is 2.29. The summed E-state index contributed by atoms with van der Waals surface area (Å²) in [5, 5.41) is 3.40. The van der Waals surface area contributed by atoms with Crippen LogP contribution in [0.25, 0.3) is 0 Å². The van der Waals surface area contributed by atoms with E-state index in [1.54, 1.807) is 19.2 Å². The molecule has 1 heterocycles. The van der Waals surface area contributed by atoms with Gasteiger partial charge in [0.1, 0.15) is 0 Å². The van der Waals surface area contributed by atoms with Crippen LogP contribution in [0.5, 0.6) is 11.5 Å².